The van der Waals surface area contributed by atoms with Crippen molar-refractivity contribution < 1.29 is 9.90 Å². The summed E-state index contributed by atoms with van der Waals surface area (Å²) in [6.45, 7) is 12.3. The van der Waals surface area contributed by atoms with Crippen molar-refractivity contribution in [2.45, 2.75) is 59.7 Å². The number of carbonyl (C=O) groups is 1. The van der Waals surface area contributed by atoms with Crippen molar-refractivity contribution in [3.05, 3.63) is 22.4 Å². The Morgan fingerprint density at radius 1 is 1.38 bits per heavy atom. The van der Waals surface area contributed by atoms with Crippen LogP contribution in [0, 0.1) is 5.41 Å². The SMILES string of the molecule is CC(O)CN(C(=O)NC(c1cccs1)C(C)(C)C)C(C)C. The zero-order chi connectivity index (χ0) is 16.2. The Bertz CT molecular complexity index is 436. The molecule has 2 atom stereocenters. The van der Waals surface area contributed by atoms with E-state index < -0.39 is 6.10 Å². The number of urea groups is 1. The Labute approximate surface area is 132 Å². The molecule has 1 aromatic heterocycles. The maximum Gasteiger partial charge on any atom is 0.318 e. The molecule has 0 aromatic carbocycles. The topological polar surface area (TPSA) is 52.6 Å². The summed E-state index contributed by atoms with van der Waals surface area (Å²) in [5.41, 5.74) is -0.0754. The average molecular weight is 312 g/mol. The molecular formula is C16H28N2O2S. The predicted octanol–water partition coefficient (Wildman–Crippen LogP) is 3.64. The number of hydrogen-bond donors (Lipinski definition) is 2. The van der Waals surface area contributed by atoms with Crippen LogP contribution in [-0.4, -0.2) is 34.7 Å². The van der Waals surface area contributed by atoms with E-state index in [1.165, 1.54) is 0 Å². The molecular weight excluding hydrogens is 284 g/mol. The molecule has 0 aliphatic heterocycles. The zero-order valence-electron chi connectivity index (χ0n) is 13.9. The highest BCUT2D eigenvalue weighted by atomic mass is 32.1. The van der Waals surface area contributed by atoms with Gasteiger partial charge in [0.2, 0.25) is 0 Å². The molecule has 0 aliphatic rings. The van der Waals surface area contributed by atoms with E-state index in [-0.39, 0.29) is 23.5 Å². The molecule has 0 saturated heterocycles. The number of nitrogens with zero attached hydrogens (tertiary/aromatic N) is 1. The molecule has 1 rings (SSSR count). The second kappa shape index (κ2) is 7.27. The van der Waals surface area contributed by atoms with Crippen molar-refractivity contribution in [1.82, 2.24) is 10.2 Å². The van der Waals surface area contributed by atoms with Gasteiger partial charge < -0.3 is 15.3 Å². The number of nitrogens with one attached hydrogen (secondary N) is 1. The third kappa shape index (κ3) is 5.32. The molecule has 0 spiro atoms. The summed E-state index contributed by atoms with van der Waals surface area (Å²) in [5, 5.41) is 14.7. The summed E-state index contributed by atoms with van der Waals surface area (Å²) in [7, 11) is 0. The predicted molar refractivity (Wildman–Crippen MR) is 88.6 cm³/mol. The highest BCUT2D eigenvalue weighted by Crippen LogP contribution is 2.35. The molecule has 2 amide bonds. The van der Waals surface area contributed by atoms with Gasteiger partial charge in [-0.25, -0.2) is 4.79 Å². The van der Waals surface area contributed by atoms with Gasteiger partial charge in [-0.3, -0.25) is 0 Å². The Balaban J connectivity index is 2.90. The van der Waals surface area contributed by atoms with Crippen molar-refractivity contribution in [3.8, 4) is 0 Å². The first kappa shape index (κ1) is 18.0. The quantitative estimate of drug-likeness (QED) is 0.872. The monoisotopic (exact) mass is 312 g/mol. The van der Waals surface area contributed by atoms with E-state index in [1.807, 2.05) is 25.3 Å². The molecule has 2 unspecified atom stereocenters. The summed E-state index contributed by atoms with van der Waals surface area (Å²) >= 11 is 1.65. The van der Waals surface area contributed by atoms with Crippen LogP contribution in [-0.2, 0) is 0 Å². The summed E-state index contributed by atoms with van der Waals surface area (Å²) < 4.78 is 0. The van der Waals surface area contributed by atoms with E-state index in [0.717, 1.165) is 4.88 Å². The Morgan fingerprint density at radius 3 is 2.38 bits per heavy atom. The first-order valence-electron chi connectivity index (χ1n) is 7.41. The van der Waals surface area contributed by atoms with Crippen molar-refractivity contribution >= 4 is 17.4 Å². The summed E-state index contributed by atoms with van der Waals surface area (Å²) in [6, 6.07) is 3.93. The van der Waals surface area contributed by atoms with Crippen LogP contribution in [0.15, 0.2) is 17.5 Å². The van der Waals surface area contributed by atoms with Gasteiger partial charge in [-0.2, -0.15) is 0 Å². The largest absolute Gasteiger partial charge is 0.392 e. The van der Waals surface area contributed by atoms with Crippen molar-refractivity contribution in [2.24, 2.45) is 5.41 Å². The minimum atomic E-state index is -0.534. The van der Waals surface area contributed by atoms with Crippen molar-refractivity contribution in [3.63, 3.8) is 0 Å². The van der Waals surface area contributed by atoms with Crippen LogP contribution < -0.4 is 5.32 Å². The highest BCUT2D eigenvalue weighted by molar-refractivity contribution is 7.10. The molecule has 4 nitrogen and oxygen atoms in total. The minimum absolute atomic E-state index is 0.0414. The lowest BCUT2D eigenvalue weighted by molar-refractivity contribution is 0.113. The van der Waals surface area contributed by atoms with Crippen LogP contribution in [0.5, 0.6) is 0 Å². The second-order valence-electron chi connectivity index (χ2n) is 6.86. The lowest BCUT2D eigenvalue weighted by Crippen LogP contribution is -2.49. The van der Waals surface area contributed by atoms with Crippen LogP contribution in [0.3, 0.4) is 0 Å². The third-order valence-corrected chi connectivity index (χ3v) is 4.24. The van der Waals surface area contributed by atoms with Gasteiger partial charge in [0.1, 0.15) is 0 Å². The van der Waals surface area contributed by atoms with Gasteiger partial charge in [-0.05, 0) is 37.6 Å². The van der Waals surface area contributed by atoms with Gasteiger partial charge in [-0.15, -0.1) is 11.3 Å². The fraction of sp³-hybridized carbons (Fsp3) is 0.688. The second-order valence-corrected chi connectivity index (χ2v) is 7.84. The van der Waals surface area contributed by atoms with Gasteiger partial charge in [0, 0.05) is 17.5 Å². The van der Waals surface area contributed by atoms with Crippen molar-refractivity contribution in [1.29, 1.82) is 0 Å². The number of aliphatic hydroxyl groups excluding tert-OH is 1. The van der Waals surface area contributed by atoms with Gasteiger partial charge in [0.05, 0.1) is 12.1 Å². The van der Waals surface area contributed by atoms with Crippen LogP contribution in [0.4, 0.5) is 4.79 Å². The van der Waals surface area contributed by atoms with E-state index in [9.17, 15) is 9.90 Å². The standard InChI is InChI=1S/C16H28N2O2S/c1-11(2)18(10-12(3)19)15(20)17-14(16(4,5)6)13-8-7-9-21-13/h7-9,11-12,14,19H,10H2,1-6H3,(H,17,20). The average Bonchev–Trinajstić information content (AvgIpc) is 2.83. The molecule has 0 bridgehead atoms. The summed E-state index contributed by atoms with van der Waals surface area (Å²) in [4.78, 5) is 15.4. The highest BCUT2D eigenvalue weighted by Gasteiger charge is 2.31. The first-order chi connectivity index (χ1) is 9.62. The molecule has 2 N–H and O–H groups in total. The molecule has 0 saturated carbocycles. The molecule has 120 valence electrons. The third-order valence-electron chi connectivity index (χ3n) is 3.31. The molecule has 0 radical (unpaired) electrons. The number of aliphatic hydroxyl groups is 1. The Hall–Kier alpha value is -1.07. The van der Waals surface area contributed by atoms with Crippen molar-refractivity contribution in [2.75, 3.05) is 6.54 Å². The van der Waals surface area contributed by atoms with Crippen LogP contribution >= 0.6 is 11.3 Å². The first-order valence-corrected chi connectivity index (χ1v) is 8.29. The molecule has 0 aliphatic carbocycles. The number of hydrogen-bond acceptors (Lipinski definition) is 3. The van der Waals surface area contributed by atoms with Gasteiger partial charge in [0.15, 0.2) is 0 Å². The fourth-order valence-corrected chi connectivity index (χ4v) is 3.21. The summed E-state index contributed by atoms with van der Waals surface area (Å²) in [5.74, 6) is 0. The van der Waals surface area contributed by atoms with Crippen LogP contribution in [0.25, 0.3) is 0 Å². The Morgan fingerprint density at radius 2 is 2.00 bits per heavy atom. The zero-order valence-corrected chi connectivity index (χ0v) is 14.7. The number of rotatable bonds is 5. The molecule has 0 fully saturated rings. The summed E-state index contributed by atoms with van der Waals surface area (Å²) in [6.07, 6.45) is -0.534. The lowest BCUT2D eigenvalue weighted by Gasteiger charge is -2.35. The van der Waals surface area contributed by atoms with Gasteiger partial charge in [-0.1, -0.05) is 26.8 Å². The lowest BCUT2D eigenvalue weighted by atomic mass is 9.86. The number of thiophene rings is 1. The van der Waals surface area contributed by atoms with E-state index in [4.69, 9.17) is 0 Å². The van der Waals surface area contributed by atoms with E-state index in [0.29, 0.717) is 6.54 Å². The fourth-order valence-electron chi connectivity index (χ4n) is 2.19. The molecule has 1 aromatic rings. The maximum atomic E-state index is 12.6. The van der Waals surface area contributed by atoms with Gasteiger partial charge >= 0.3 is 6.03 Å². The van der Waals surface area contributed by atoms with Gasteiger partial charge in [0.25, 0.3) is 0 Å². The molecule has 5 heteroatoms. The minimum Gasteiger partial charge on any atom is -0.392 e. The van der Waals surface area contributed by atoms with E-state index in [2.05, 4.69) is 32.2 Å². The van der Waals surface area contributed by atoms with E-state index in [1.54, 1.807) is 23.2 Å². The van der Waals surface area contributed by atoms with Crippen LogP contribution in [0.2, 0.25) is 0 Å². The smallest absolute Gasteiger partial charge is 0.318 e. The maximum absolute atomic E-state index is 12.6. The van der Waals surface area contributed by atoms with E-state index >= 15 is 0 Å². The Kier molecular flexibility index (Phi) is 6.23. The normalized spacial score (nSPS) is 14.9. The van der Waals surface area contributed by atoms with Crippen LogP contribution in [0.1, 0.15) is 52.5 Å². The number of amides is 2. The number of carbonyl (C=O) groups excluding carboxylic acids is 1. The molecule has 21 heavy (non-hydrogen) atoms. The molecule has 1 heterocycles.